The zero-order chi connectivity index (χ0) is 21.2. The maximum absolute atomic E-state index is 13.4. The van der Waals surface area contributed by atoms with Crippen LogP contribution in [0.1, 0.15) is 53.1 Å². The Labute approximate surface area is 169 Å². The van der Waals surface area contributed by atoms with Crippen molar-refractivity contribution in [1.29, 1.82) is 0 Å². The molecular formula is C23H24F3N3. The van der Waals surface area contributed by atoms with Crippen LogP contribution < -0.4 is 0 Å². The maximum Gasteiger partial charge on any atom is 0.416 e. The summed E-state index contributed by atoms with van der Waals surface area (Å²) in [6, 6.07) is 3.08. The van der Waals surface area contributed by atoms with Crippen molar-refractivity contribution in [1.82, 2.24) is 15.0 Å². The predicted molar refractivity (Wildman–Crippen MR) is 108 cm³/mol. The van der Waals surface area contributed by atoms with Gasteiger partial charge in [0.05, 0.1) is 5.56 Å². The molecule has 29 heavy (non-hydrogen) atoms. The van der Waals surface area contributed by atoms with Gasteiger partial charge in [0.2, 0.25) is 0 Å². The third-order valence-electron chi connectivity index (χ3n) is 5.24. The Kier molecular flexibility index (Phi) is 6.01. The average molecular weight is 399 g/mol. The molecule has 3 aromatic rings. The Morgan fingerprint density at radius 3 is 2.28 bits per heavy atom. The lowest BCUT2D eigenvalue weighted by atomic mass is 9.91. The highest BCUT2D eigenvalue weighted by molar-refractivity contribution is 5.70. The van der Waals surface area contributed by atoms with Crippen LogP contribution in [-0.4, -0.2) is 15.0 Å². The summed E-state index contributed by atoms with van der Waals surface area (Å²) < 4.78 is 40.2. The van der Waals surface area contributed by atoms with Crippen molar-refractivity contribution in [3.63, 3.8) is 0 Å². The second-order valence-corrected chi connectivity index (χ2v) is 7.12. The lowest BCUT2D eigenvalue weighted by Crippen LogP contribution is -2.12. The molecule has 0 radical (unpaired) electrons. The van der Waals surface area contributed by atoms with Gasteiger partial charge in [0.25, 0.3) is 0 Å². The van der Waals surface area contributed by atoms with Crippen molar-refractivity contribution in [2.24, 2.45) is 0 Å². The lowest BCUT2D eigenvalue weighted by Gasteiger charge is -2.18. The van der Waals surface area contributed by atoms with Crippen molar-refractivity contribution in [3.8, 4) is 11.1 Å². The van der Waals surface area contributed by atoms with Gasteiger partial charge < -0.3 is 0 Å². The van der Waals surface area contributed by atoms with Crippen molar-refractivity contribution in [3.05, 3.63) is 76.1 Å². The van der Waals surface area contributed by atoms with Crippen LogP contribution in [0.25, 0.3) is 11.1 Å². The third kappa shape index (κ3) is 4.31. The average Bonchev–Trinajstić information content (AvgIpc) is 2.69. The van der Waals surface area contributed by atoms with Gasteiger partial charge in [-0.15, -0.1) is 0 Å². The molecule has 0 aliphatic carbocycles. The van der Waals surface area contributed by atoms with Gasteiger partial charge in [0.15, 0.2) is 0 Å². The first-order valence-electron chi connectivity index (χ1n) is 9.69. The topological polar surface area (TPSA) is 38.7 Å². The van der Waals surface area contributed by atoms with Crippen LogP contribution in [0.2, 0.25) is 0 Å². The SMILES string of the molecule is CCc1cnccc1-c1cncc(Cc2nc(C)cc(C(F)(F)F)c2C)c1CC. The van der Waals surface area contributed by atoms with Gasteiger partial charge >= 0.3 is 6.18 Å². The number of halogens is 3. The maximum atomic E-state index is 13.4. The number of hydrogen-bond donors (Lipinski definition) is 0. The molecule has 0 atom stereocenters. The summed E-state index contributed by atoms with van der Waals surface area (Å²) in [5.74, 6) is 0. The predicted octanol–water partition coefficient (Wildman–Crippen LogP) is 5.89. The number of pyridine rings is 3. The van der Waals surface area contributed by atoms with E-state index in [9.17, 15) is 13.2 Å². The van der Waals surface area contributed by atoms with Crippen molar-refractivity contribution in [2.45, 2.75) is 53.1 Å². The smallest absolute Gasteiger partial charge is 0.264 e. The second kappa shape index (κ2) is 8.31. The number of aryl methyl sites for hydroxylation is 2. The molecule has 3 aromatic heterocycles. The van der Waals surface area contributed by atoms with Gasteiger partial charge in [-0.05, 0) is 66.6 Å². The van der Waals surface area contributed by atoms with Gasteiger partial charge in [-0.25, -0.2) is 0 Å². The molecule has 6 heteroatoms. The molecule has 0 aliphatic heterocycles. The largest absolute Gasteiger partial charge is 0.416 e. The summed E-state index contributed by atoms with van der Waals surface area (Å²) in [6.45, 7) is 7.21. The van der Waals surface area contributed by atoms with E-state index in [0.717, 1.165) is 46.7 Å². The zero-order valence-electron chi connectivity index (χ0n) is 17.1. The van der Waals surface area contributed by atoms with E-state index in [0.29, 0.717) is 17.8 Å². The molecule has 0 bridgehead atoms. The standard InChI is InChI=1S/C23H24F3N3/c1-5-16-11-27-8-7-19(16)20-13-28-12-17(18(20)6-2)10-22-15(4)21(23(24,25)26)9-14(3)29-22/h7-9,11-13H,5-6,10H2,1-4H3. The summed E-state index contributed by atoms with van der Waals surface area (Å²) in [5, 5.41) is 0. The summed E-state index contributed by atoms with van der Waals surface area (Å²) in [6.07, 6.45) is 4.67. The monoisotopic (exact) mass is 399 g/mol. The van der Waals surface area contributed by atoms with Gasteiger partial charge in [0, 0.05) is 48.2 Å². The second-order valence-electron chi connectivity index (χ2n) is 7.12. The quantitative estimate of drug-likeness (QED) is 0.537. The normalized spacial score (nSPS) is 11.7. The molecule has 0 aromatic carbocycles. The summed E-state index contributed by atoms with van der Waals surface area (Å²) in [5.41, 5.74) is 5.53. The van der Waals surface area contributed by atoms with E-state index in [-0.39, 0.29) is 5.56 Å². The van der Waals surface area contributed by atoms with Crippen LogP contribution in [-0.2, 0) is 25.4 Å². The fourth-order valence-electron chi connectivity index (χ4n) is 3.75. The number of aromatic nitrogens is 3. The third-order valence-corrected chi connectivity index (χ3v) is 5.24. The van der Waals surface area contributed by atoms with E-state index in [1.165, 1.54) is 6.92 Å². The fourth-order valence-corrected chi connectivity index (χ4v) is 3.75. The minimum atomic E-state index is -4.40. The van der Waals surface area contributed by atoms with E-state index in [4.69, 9.17) is 0 Å². The van der Waals surface area contributed by atoms with Gasteiger partial charge in [-0.2, -0.15) is 13.2 Å². The Balaban J connectivity index is 2.12. The van der Waals surface area contributed by atoms with E-state index in [2.05, 4.69) is 21.9 Å². The van der Waals surface area contributed by atoms with E-state index >= 15 is 0 Å². The first-order chi connectivity index (χ1) is 13.8. The Hall–Kier alpha value is -2.76. The number of nitrogens with zero attached hydrogens (tertiary/aromatic N) is 3. The minimum Gasteiger partial charge on any atom is -0.264 e. The Bertz CT molecular complexity index is 1030. The molecule has 152 valence electrons. The van der Waals surface area contributed by atoms with Crippen molar-refractivity contribution < 1.29 is 13.2 Å². The summed E-state index contributed by atoms with van der Waals surface area (Å²) in [7, 11) is 0. The van der Waals surface area contributed by atoms with Gasteiger partial charge in [-0.1, -0.05) is 13.8 Å². The Morgan fingerprint density at radius 1 is 0.897 bits per heavy atom. The molecule has 0 saturated heterocycles. The highest BCUT2D eigenvalue weighted by Crippen LogP contribution is 2.35. The lowest BCUT2D eigenvalue weighted by molar-refractivity contribution is -0.138. The highest BCUT2D eigenvalue weighted by Gasteiger charge is 2.34. The molecule has 0 saturated carbocycles. The molecular weight excluding hydrogens is 375 g/mol. The van der Waals surface area contributed by atoms with Crippen LogP contribution in [0.5, 0.6) is 0 Å². The molecule has 0 fully saturated rings. The van der Waals surface area contributed by atoms with Crippen LogP contribution in [0.15, 0.2) is 36.9 Å². The van der Waals surface area contributed by atoms with Crippen LogP contribution in [0, 0.1) is 13.8 Å². The summed E-state index contributed by atoms with van der Waals surface area (Å²) >= 11 is 0. The van der Waals surface area contributed by atoms with Crippen LogP contribution >= 0.6 is 0 Å². The number of alkyl halides is 3. The van der Waals surface area contributed by atoms with Gasteiger partial charge in [0.1, 0.15) is 0 Å². The molecule has 0 aliphatic rings. The highest BCUT2D eigenvalue weighted by atomic mass is 19.4. The van der Waals surface area contributed by atoms with Crippen molar-refractivity contribution >= 4 is 0 Å². The number of rotatable bonds is 5. The van der Waals surface area contributed by atoms with E-state index in [1.807, 2.05) is 25.4 Å². The van der Waals surface area contributed by atoms with Crippen LogP contribution in [0.4, 0.5) is 13.2 Å². The molecule has 0 N–H and O–H groups in total. The van der Waals surface area contributed by atoms with E-state index < -0.39 is 11.7 Å². The molecule has 0 amide bonds. The minimum absolute atomic E-state index is 0.175. The Morgan fingerprint density at radius 2 is 1.62 bits per heavy atom. The van der Waals surface area contributed by atoms with Crippen molar-refractivity contribution in [2.75, 3.05) is 0 Å². The fraction of sp³-hybridized carbons (Fsp3) is 0.348. The zero-order valence-corrected chi connectivity index (χ0v) is 17.1. The molecule has 0 spiro atoms. The van der Waals surface area contributed by atoms with Gasteiger partial charge in [-0.3, -0.25) is 15.0 Å². The first-order valence-corrected chi connectivity index (χ1v) is 9.69. The number of hydrogen-bond acceptors (Lipinski definition) is 3. The first kappa shape index (κ1) is 21.0. The molecule has 3 nitrogen and oxygen atoms in total. The molecule has 3 rings (SSSR count). The molecule has 3 heterocycles. The van der Waals surface area contributed by atoms with E-state index in [1.54, 1.807) is 19.3 Å². The molecule has 0 unspecified atom stereocenters. The van der Waals surface area contributed by atoms with Crippen LogP contribution in [0.3, 0.4) is 0 Å². The summed E-state index contributed by atoms with van der Waals surface area (Å²) in [4.78, 5) is 13.0.